The number of benzene rings is 1. The summed E-state index contributed by atoms with van der Waals surface area (Å²) in [6.45, 7) is 4.51. The van der Waals surface area contributed by atoms with Gasteiger partial charge in [-0.25, -0.2) is 17.6 Å². The summed E-state index contributed by atoms with van der Waals surface area (Å²) in [5.41, 5.74) is 4.83. The number of halogens is 4. The molecule has 0 fully saturated rings. The maximum absolute atomic E-state index is 14.2. The second-order valence-corrected chi connectivity index (χ2v) is 6.12. The van der Waals surface area contributed by atoms with Crippen molar-refractivity contribution in [1.29, 1.82) is 10.5 Å². The summed E-state index contributed by atoms with van der Waals surface area (Å²) < 4.78 is 61.7. The van der Waals surface area contributed by atoms with Crippen molar-refractivity contribution in [3.8, 4) is 12.1 Å². The molecule has 0 spiro atoms. The lowest BCUT2D eigenvalue weighted by Crippen LogP contribution is -2.20. The summed E-state index contributed by atoms with van der Waals surface area (Å²) in [5, 5.41) is 21.0. The molecule has 0 bridgehead atoms. The zero-order valence-electron chi connectivity index (χ0n) is 14.8. The highest BCUT2D eigenvalue weighted by Gasteiger charge is 2.38. The molecule has 0 amide bonds. The first-order valence-corrected chi connectivity index (χ1v) is 7.65. The molecule has 0 aromatic heterocycles. The third-order valence-electron chi connectivity index (χ3n) is 3.96. The van der Waals surface area contributed by atoms with Crippen LogP contribution in [0.3, 0.4) is 0 Å². The lowest BCUT2D eigenvalue weighted by Gasteiger charge is -2.20. The third-order valence-corrected chi connectivity index (χ3v) is 3.96. The van der Waals surface area contributed by atoms with E-state index in [9.17, 15) is 22.8 Å². The SMILES string of the molecule is C/C(C#N)=C1\OC(C)(C)C(/C=C/c2c(F)c(F)c(N=[N+]=[N-])c(F)c2F)=C1C#N. The van der Waals surface area contributed by atoms with Gasteiger partial charge in [0.25, 0.3) is 0 Å². The first kappa shape index (κ1) is 20.6. The minimum atomic E-state index is -1.85. The van der Waals surface area contributed by atoms with E-state index in [-0.39, 0.29) is 22.5 Å². The third kappa shape index (κ3) is 3.29. The van der Waals surface area contributed by atoms with Crippen LogP contribution in [0.25, 0.3) is 16.5 Å². The smallest absolute Gasteiger partial charge is 0.172 e. The van der Waals surface area contributed by atoms with Crippen LogP contribution >= 0.6 is 0 Å². The van der Waals surface area contributed by atoms with Gasteiger partial charge in [0.1, 0.15) is 22.9 Å². The van der Waals surface area contributed by atoms with E-state index >= 15 is 0 Å². The molecular formula is C18H11F4N5O. The second-order valence-electron chi connectivity index (χ2n) is 6.12. The number of azide groups is 1. The van der Waals surface area contributed by atoms with Crippen molar-refractivity contribution in [1.82, 2.24) is 0 Å². The summed E-state index contributed by atoms with van der Waals surface area (Å²) in [7, 11) is 0. The normalized spacial score (nSPS) is 17.0. The number of nitriles is 2. The zero-order chi connectivity index (χ0) is 21.2. The first-order valence-electron chi connectivity index (χ1n) is 7.65. The maximum atomic E-state index is 14.2. The molecule has 1 aromatic carbocycles. The number of nitrogens with zero attached hydrogens (tertiary/aromatic N) is 5. The molecule has 0 saturated carbocycles. The van der Waals surface area contributed by atoms with E-state index in [1.807, 2.05) is 12.1 Å². The number of rotatable bonds is 3. The van der Waals surface area contributed by atoms with E-state index in [1.165, 1.54) is 6.92 Å². The fourth-order valence-electron chi connectivity index (χ4n) is 2.58. The number of allylic oxidation sites excluding steroid dienone is 2. The molecule has 28 heavy (non-hydrogen) atoms. The fraction of sp³-hybridized carbons (Fsp3) is 0.222. The van der Waals surface area contributed by atoms with Crippen LogP contribution in [0.4, 0.5) is 23.2 Å². The van der Waals surface area contributed by atoms with Crippen molar-refractivity contribution in [2.75, 3.05) is 0 Å². The van der Waals surface area contributed by atoms with Gasteiger partial charge in [0.2, 0.25) is 0 Å². The van der Waals surface area contributed by atoms with E-state index in [0.717, 1.165) is 12.2 Å². The van der Waals surface area contributed by atoms with Crippen LogP contribution in [0.5, 0.6) is 0 Å². The van der Waals surface area contributed by atoms with Gasteiger partial charge in [-0.3, -0.25) is 0 Å². The number of ether oxygens (including phenoxy) is 1. The predicted octanol–water partition coefficient (Wildman–Crippen LogP) is 5.62. The van der Waals surface area contributed by atoms with Gasteiger partial charge in [0.15, 0.2) is 29.0 Å². The first-order chi connectivity index (χ1) is 13.1. The van der Waals surface area contributed by atoms with Gasteiger partial charge in [-0.2, -0.15) is 10.5 Å². The van der Waals surface area contributed by atoms with Crippen molar-refractivity contribution in [3.05, 3.63) is 67.8 Å². The van der Waals surface area contributed by atoms with Crippen LogP contribution in [0.2, 0.25) is 0 Å². The Morgan fingerprint density at radius 1 is 1.11 bits per heavy atom. The van der Waals surface area contributed by atoms with Gasteiger partial charge in [-0.1, -0.05) is 11.2 Å². The van der Waals surface area contributed by atoms with Gasteiger partial charge in [-0.05, 0) is 32.4 Å². The largest absolute Gasteiger partial charge is 0.481 e. The fourth-order valence-corrected chi connectivity index (χ4v) is 2.58. The highest BCUT2D eigenvalue weighted by Crippen LogP contribution is 2.41. The highest BCUT2D eigenvalue weighted by molar-refractivity contribution is 5.64. The molecule has 0 unspecified atom stereocenters. The van der Waals surface area contributed by atoms with E-state index in [4.69, 9.17) is 15.5 Å². The molecule has 142 valence electrons. The van der Waals surface area contributed by atoms with Crippen molar-refractivity contribution in [2.45, 2.75) is 26.4 Å². The molecular weight excluding hydrogens is 378 g/mol. The summed E-state index contributed by atoms with van der Waals surface area (Å²) in [4.78, 5) is 2.12. The van der Waals surface area contributed by atoms with E-state index < -0.39 is 40.1 Å². The Balaban J connectivity index is 2.71. The monoisotopic (exact) mass is 389 g/mol. The van der Waals surface area contributed by atoms with Crippen molar-refractivity contribution in [2.24, 2.45) is 5.11 Å². The Kier molecular flexibility index (Phi) is 5.49. The van der Waals surface area contributed by atoms with Gasteiger partial charge in [0.05, 0.1) is 17.2 Å². The van der Waals surface area contributed by atoms with Gasteiger partial charge in [-0.15, -0.1) is 0 Å². The molecule has 6 nitrogen and oxygen atoms in total. The molecule has 1 aliphatic heterocycles. The molecule has 1 aliphatic rings. The second kappa shape index (κ2) is 7.47. The Morgan fingerprint density at radius 3 is 2.14 bits per heavy atom. The lowest BCUT2D eigenvalue weighted by atomic mass is 9.94. The minimum absolute atomic E-state index is 0.00617. The Labute approximate surface area is 156 Å². The summed E-state index contributed by atoms with van der Waals surface area (Å²) in [6, 6.07) is 3.69. The average Bonchev–Trinajstić information content (AvgIpc) is 2.93. The maximum Gasteiger partial charge on any atom is 0.172 e. The van der Waals surface area contributed by atoms with Crippen LogP contribution in [-0.2, 0) is 4.74 Å². The summed E-state index contributed by atoms with van der Waals surface area (Å²) >= 11 is 0. The molecule has 0 aliphatic carbocycles. The standard InChI is InChI=1S/C18H11F4N5O/c1-8(6-23)17-10(7-24)11(18(2,3)28-17)5-4-9-12(19)14(21)16(26-27-25)15(22)13(9)20/h4-5H,1-3H3/b5-4+,17-8+. The van der Waals surface area contributed by atoms with Gasteiger partial charge in [0, 0.05) is 10.5 Å². The average molecular weight is 389 g/mol. The van der Waals surface area contributed by atoms with Crippen molar-refractivity contribution >= 4 is 11.8 Å². The summed E-state index contributed by atoms with van der Waals surface area (Å²) in [5.74, 6) is -7.23. The van der Waals surface area contributed by atoms with Crippen molar-refractivity contribution in [3.63, 3.8) is 0 Å². The van der Waals surface area contributed by atoms with E-state index in [0.29, 0.717) is 0 Å². The van der Waals surface area contributed by atoms with Gasteiger partial charge >= 0.3 is 0 Å². The summed E-state index contributed by atoms with van der Waals surface area (Å²) in [6.07, 6.45) is 1.81. The predicted molar refractivity (Wildman–Crippen MR) is 90.2 cm³/mol. The molecule has 0 N–H and O–H groups in total. The highest BCUT2D eigenvalue weighted by atomic mass is 19.2. The van der Waals surface area contributed by atoms with E-state index in [1.54, 1.807) is 13.8 Å². The van der Waals surface area contributed by atoms with Crippen LogP contribution in [0.15, 0.2) is 33.7 Å². The van der Waals surface area contributed by atoms with Crippen LogP contribution in [0.1, 0.15) is 26.3 Å². The Bertz CT molecular complexity index is 1070. The van der Waals surface area contributed by atoms with Crippen molar-refractivity contribution < 1.29 is 22.3 Å². The van der Waals surface area contributed by atoms with Crippen LogP contribution in [0, 0.1) is 45.9 Å². The topological polar surface area (TPSA) is 106 Å². The molecule has 0 radical (unpaired) electrons. The van der Waals surface area contributed by atoms with E-state index in [2.05, 4.69) is 10.0 Å². The quantitative estimate of drug-likeness (QED) is 0.167. The molecule has 0 atom stereocenters. The van der Waals surface area contributed by atoms with Gasteiger partial charge < -0.3 is 4.74 Å². The molecule has 1 aromatic rings. The molecule has 10 heteroatoms. The number of hydrogen-bond donors (Lipinski definition) is 0. The van der Waals surface area contributed by atoms with Crippen LogP contribution < -0.4 is 0 Å². The van der Waals surface area contributed by atoms with Crippen LogP contribution in [-0.4, -0.2) is 5.60 Å². The Hall–Kier alpha value is -3.75. The zero-order valence-corrected chi connectivity index (χ0v) is 14.8. The molecule has 2 rings (SSSR count). The minimum Gasteiger partial charge on any atom is -0.481 e. The molecule has 0 saturated heterocycles. The Morgan fingerprint density at radius 2 is 1.68 bits per heavy atom. The molecule has 1 heterocycles. The number of hydrogen-bond acceptors (Lipinski definition) is 4. The lowest BCUT2D eigenvalue weighted by molar-refractivity contribution is 0.0949.